The summed E-state index contributed by atoms with van der Waals surface area (Å²) >= 11 is 0. The van der Waals surface area contributed by atoms with E-state index in [-0.39, 0.29) is 5.91 Å². The van der Waals surface area contributed by atoms with E-state index in [2.05, 4.69) is 16.7 Å². The summed E-state index contributed by atoms with van der Waals surface area (Å²) in [5.41, 5.74) is 4.91. The fourth-order valence-corrected chi connectivity index (χ4v) is 2.96. The van der Waals surface area contributed by atoms with Gasteiger partial charge in [0.1, 0.15) is 0 Å². The summed E-state index contributed by atoms with van der Waals surface area (Å²) in [5, 5.41) is 6.32. The van der Waals surface area contributed by atoms with Crippen molar-refractivity contribution >= 4 is 11.6 Å². The third-order valence-corrected chi connectivity index (χ3v) is 4.13. The average molecular weight is 303 g/mol. The van der Waals surface area contributed by atoms with Gasteiger partial charge in [0.25, 0.3) is 5.91 Å². The van der Waals surface area contributed by atoms with Gasteiger partial charge in [-0.3, -0.25) is 4.79 Å². The smallest absolute Gasteiger partial charge is 0.257 e. The molecule has 114 valence electrons. The molecule has 2 aromatic carbocycles. The van der Waals surface area contributed by atoms with Crippen molar-refractivity contribution in [2.24, 2.45) is 0 Å². The number of aromatic nitrogens is 1. The molecule has 0 fully saturated rings. The molecule has 3 aromatic rings. The van der Waals surface area contributed by atoms with E-state index in [1.54, 1.807) is 0 Å². The number of fused-ring (bicyclic) bond motifs is 1. The maximum absolute atomic E-state index is 12.7. The van der Waals surface area contributed by atoms with Crippen LogP contribution in [0, 0.1) is 0 Å². The van der Waals surface area contributed by atoms with E-state index < -0.39 is 0 Å². The average Bonchev–Trinajstić information content (AvgIpc) is 3.26. The highest BCUT2D eigenvalue weighted by Gasteiger charge is 2.14. The fraction of sp³-hybridized carbons (Fsp3) is 0.105. The maximum atomic E-state index is 12.7. The van der Waals surface area contributed by atoms with Crippen LogP contribution in [0.3, 0.4) is 0 Å². The molecule has 23 heavy (non-hydrogen) atoms. The van der Waals surface area contributed by atoms with Gasteiger partial charge in [0, 0.05) is 31.2 Å². The second-order valence-corrected chi connectivity index (χ2v) is 5.65. The Kier molecular flexibility index (Phi) is 3.44. The number of carbonyl (C=O) groups excluding carboxylic acids is 1. The zero-order chi connectivity index (χ0) is 15.6. The summed E-state index contributed by atoms with van der Waals surface area (Å²) in [6.07, 6.45) is 3.88. The molecule has 4 heteroatoms. The van der Waals surface area contributed by atoms with Crippen molar-refractivity contribution < 1.29 is 4.79 Å². The normalized spacial score (nSPS) is 12.9. The van der Waals surface area contributed by atoms with E-state index in [0.29, 0.717) is 5.56 Å². The van der Waals surface area contributed by atoms with Gasteiger partial charge in [-0.05, 0) is 47.5 Å². The number of anilines is 1. The Labute approximate surface area is 134 Å². The van der Waals surface area contributed by atoms with E-state index in [0.717, 1.165) is 24.5 Å². The number of hydrogen-bond acceptors (Lipinski definition) is 2. The van der Waals surface area contributed by atoms with Gasteiger partial charge in [-0.2, -0.15) is 0 Å². The number of amides is 1. The van der Waals surface area contributed by atoms with E-state index in [1.807, 2.05) is 65.5 Å². The highest BCUT2D eigenvalue weighted by molar-refractivity contribution is 6.06. The molecule has 1 amide bonds. The third-order valence-electron chi connectivity index (χ3n) is 4.13. The Bertz CT molecular complexity index is 853. The SMILES string of the molecule is O=C(Nc1ccc2c(c1)CNC2)c1ccccc1-n1cccc1. The molecule has 4 rings (SSSR count). The van der Waals surface area contributed by atoms with E-state index in [4.69, 9.17) is 0 Å². The first kappa shape index (κ1) is 13.8. The standard InChI is InChI=1S/C19H17N3O/c23-19(21-16-8-7-14-12-20-13-15(14)11-16)17-5-1-2-6-18(17)22-9-3-4-10-22/h1-11,20H,12-13H2,(H,21,23). The van der Waals surface area contributed by atoms with Crippen LogP contribution in [-0.4, -0.2) is 10.5 Å². The number of hydrogen-bond donors (Lipinski definition) is 2. The largest absolute Gasteiger partial charge is 0.323 e. The summed E-state index contributed by atoms with van der Waals surface area (Å²) in [6, 6.07) is 17.6. The number of para-hydroxylation sites is 1. The molecule has 1 aromatic heterocycles. The fourth-order valence-electron chi connectivity index (χ4n) is 2.96. The summed E-state index contributed by atoms with van der Waals surface area (Å²) < 4.78 is 1.95. The molecule has 2 N–H and O–H groups in total. The van der Waals surface area contributed by atoms with Crippen molar-refractivity contribution in [1.29, 1.82) is 0 Å². The lowest BCUT2D eigenvalue weighted by molar-refractivity contribution is 0.102. The predicted molar refractivity (Wildman–Crippen MR) is 90.7 cm³/mol. The van der Waals surface area contributed by atoms with Crippen LogP contribution in [0.1, 0.15) is 21.5 Å². The van der Waals surface area contributed by atoms with Crippen molar-refractivity contribution in [3.63, 3.8) is 0 Å². The molecule has 0 aliphatic carbocycles. The number of nitrogens with one attached hydrogen (secondary N) is 2. The maximum Gasteiger partial charge on any atom is 0.257 e. The summed E-state index contributed by atoms with van der Waals surface area (Å²) in [5.74, 6) is -0.0970. The molecule has 0 spiro atoms. The van der Waals surface area contributed by atoms with Gasteiger partial charge >= 0.3 is 0 Å². The van der Waals surface area contributed by atoms with Gasteiger partial charge in [-0.1, -0.05) is 18.2 Å². The lowest BCUT2D eigenvalue weighted by Gasteiger charge is -2.12. The molecular weight excluding hydrogens is 286 g/mol. The summed E-state index contributed by atoms with van der Waals surface area (Å²) in [6.45, 7) is 1.76. The predicted octanol–water partition coefficient (Wildman–Crippen LogP) is 3.33. The highest BCUT2D eigenvalue weighted by Crippen LogP contribution is 2.22. The van der Waals surface area contributed by atoms with Gasteiger partial charge in [-0.15, -0.1) is 0 Å². The second-order valence-electron chi connectivity index (χ2n) is 5.65. The van der Waals surface area contributed by atoms with Crippen molar-refractivity contribution in [2.75, 3.05) is 5.32 Å². The molecular formula is C19H17N3O. The minimum Gasteiger partial charge on any atom is -0.323 e. The van der Waals surface area contributed by atoms with Gasteiger partial charge in [-0.25, -0.2) is 0 Å². The van der Waals surface area contributed by atoms with Crippen LogP contribution in [0.5, 0.6) is 0 Å². The van der Waals surface area contributed by atoms with Gasteiger partial charge < -0.3 is 15.2 Å². The monoisotopic (exact) mass is 303 g/mol. The number of carbonyl (C=O) groups is 1. The van der Waals surface area contributed by atoms with Crippen molar-refractivity contribution in [1.82, 2.24) is 9.88 Å². The Hall–Kier alpha value is -2.85. The van der Waals surface area contributed by atoms with E-state index in [1.165, 1.54) is 11.1 Å². The zero-order valence-electron chi connectivity index (χ0n) is 12.6. The van der Waals surface area contributed by atoms with Gasteiger partial charge in [0.15, 0.2) is 0 Å². The molecule has 2 heterocycles. The van der Waals surface area contributed by atoms with Crippen LogP contribution in [0.15, 0.2) is 67.0 Å². The van der Waals surface area contributed by atoms with E-state index >= 15 is 0 Å². The molecule has 0 unspecified atom stereocenters. The van der Waals surface area contributed by atoms with Crippen molar-refractivity contribution in [3.05, 3.63) is 83.7 Å². The first-order valence-electron chi connectivity index (χ1n) is 7.67. The number of rotatable bonds is 3. The van der Waals surface area contributed by atoms with Gasteiger partial charge in [0.2, 0.25) is 0 Å². The zero-order valence-corrected chi connectivity index (χ0v) is 12.6. The van der Waals surface area contributed by atoms with E-state index in [9.17, 15) is 4.79 Å². The van der Waals surface area contributed by atoms with Crippen LogP contribution in [-0.2, 0) is 13.1 Å². The molecule has 1 aliphatic heterocycles. The lowest BCUT2D eigenvalue weighted by Crippen LogP contribution is -2.14. The number of nitrogens with zero attached hydrogens (tertiary/aromatic N) is 1. The first-order chi connectivity index (χ1) is 11.3. The van der Waals surface area contributed by atoms with Crippen molar-refractivity contribution in [3.8, 4) is 5.69 Å². The molecule has 1 aliphatic rings. The quantitative estimate of drug-likeness (QED) is 0.779. The Morgan fingerprint density at radius 3 is 2.61 bits per heavy atom. The Balaban J connectivity index is 1.63. The first-order valence-corrected chi connectivity index (χ1v) is 7.67. The molecule has 0 atom stereocenters. The Morgan fingerprint density at radius 2 is 1.74 bits per heavy atom. The lowest BCUT2D eigenvalue weighted by atomic mass is 10.1. The highest BCUT2D eigenvalue weighted by atomic mass is 16.1. The molecule has 0 saturated heterocycles. The van der Waals surface area contributed by atoms with Crippen LogP contribution in [0.4, 0.5) is 5.69 Å². The Morgan fingerprint density at radius 1 is 0.957 bits per heavy atom. The molecule has 4 nitrogen and oxygen atoms in total. The minimum absolute atomic E-state index is 0.0970. The van der Waals surface area contributed by atoms with Crippen molar-refractivity contribution in [2.45, 2.75) is 13.1 Å². The van der Waals surface area contributed by atoms with Gasteiger partial charge in [0.05, 0.1) is 11.3 Å². The minimum atomic E-state index is -0.0970. The van der Waals surface area contributed by atoms with Crippen LogP contribution in [0.2, 0.25) is 0 Å². The molecule has 0 radical (unpaired) electrons. The third kappa shape index (κ3) is 2.64. The molecule has 0 bridgehead atoms. The van der Waals surface area contributed by atoms with Crippen LogP contribution >= 0.6 is 0 Å². The molecule has 0 saturated carbocycles. The number of benzene rings is 2. The second kappa shape index (κ2) is 5.74. The van der Waals surface area contributed by atoms with Crippen LogP contribution in [0.25, 0.3) is 5.69 Å². The topological polar surface area (TPSA) is 46.1 Å². The summed E-state index contributed by atoms with van der Waals surface area (Å²) in [7, 11) is 0. The summed E-state index contributed by atoms with van der Waals surface area (Å²) in [4.78, 5) is 12.7. The van der Waals surface area contributed by atoms with Crippen LogP contribution < -0.4 is 10.6 Å².